The monoisotopic (exact) mass is 461 g/mol. The first-order valence-corrected chi connectivity index (χ1v) is 13.4. The minimum atomic E-state index is -3.80. The first kappa shape index (κ1) is 23.2. The van der Waals surface area contributed by atoms with E-state index in [-0.39, 0.29) is 41.3 Å². The molecule has 1 atom stereocenters. The Kier molecular flexibility index (Phi) is 6.91. The van der Waals surface area contributed by atoms with Gasteiger partial charge in [-0.15, -0.1) is 0 Å². The second-order valence-electron chi connectivity index (χ2n) is 9.70. The molecule has 1 N–H and O–H groups in total. The van der Waals surface area contributed by atoms with Crippen molar-refractivity contribution < 1.29 is 18.0 Å². The predicted octanol–water partition coefficient (Wildman–Crippen LogP) is 3.22. The molecule has 0 spiro atoms. The normalized spacial score (nSPS) is 22.3. The van der Waals surface area contributed by atoms with Gasteiger partial charge in [0.1, 0.15) is 0 Å². The van der Waals surface area contributed by atoms with Gasteiger partial charge in [0.05, 0.1) is 11.4 Å². The van der Waals surface area contributed by atoms with Crippen LogP contribution in [0.3, 0.4) is 0 Å². The van der Waals surface area contributed by atoms with Crippen molar-refractivity contribution in [3.8, 4) is 0 Å². The van der Waals surface area contributed by atoms with Gasteiger partial charge in [-0.05, 0) is 62.8 Å². The Morgan fingerprint density at radius 3 is 2.38 bits per heavy atom. The Bertz CT molecular complexity index is 965. The molecule has 2 saturated carbocycles. The molecule has 0 bridgehead atoms. The zero-order valence-electron chi connectivity index (χ0n) is 19.2. The molecule has 1 aliphatic heterocycles. The van der Waals surface area contributed by atoms with E-state index in [2.05, 4.69) is 5.32 Å². The molecule has 3 aliphatic rings. The van der Waals surface area contributed by atoms with Gasteiger partial charge in [0.15, 0.2) is 0 Å². The van der Waals surface area contributed by atoms with E-state index >= 15 is 0 Å². The van der Waals surface area contributed by atoms with Crippen LogP contribution in [0, 0.1) is 5.92 Å². The molecule has 32 heavy (non-hydrogen) atoms. The Morgan fingerprint density at radius 1 is 1.06 bits per heavy atom. The molecule has 2 fully saturated rings. The lowest BCUT2D eigenvalue weighted by Gasteiger charge is -2.32. The zero-order valence-corrected chi connectivity index (χ0v) is 20.0. The van der Waals surface area contributed by atoms with Crippen LogP contribution in [0.2, 0.25) is 0 Å². The molecule has 176 valence electrons. The SMILES string of the molecule is C[C@H]1Cc2cc(S(=O)(=O)N(C)CC(=O)NC3CCCCCC3)ccc2N1C(=O)C1CCC1. The fourth-order valence-electron chi connectivity index (χ4n) is 5.12. The molecule has 1 aromatic rings. The van der Waals surface area contributed by atoms with Crippen molar-refractivity contribution in [3.63, 3.8) is 0 Å². The van der Waals surface area contributed by atoms with Crippen LogP contribution in [-0.4, -0.2) is 50.2 Å². The number of nitrogens with zero attached hydrogens (tertiary/aromatic N) is 2. The summed E-state index contributed by atoms with van der Waals surface area (Å²) in [7, 11) is -2.35. The summed E-state index contributed by atoms with van der Waals surface area (Å²) in [5.41, 5.74) is 1.70. The molecule has 1 heterocycles. The third-order valence-electron chi connectivity index (χ3n) is 7.25. The van der Waals surface area contributed by atoms with Gasteiger partial charge in [0.2, 0.25) is 21.8 Å². The molecule has 8 heteroatoms. The number of carbonyl (C=O) groups excluding carboxylic acids is 2. The standard InChI is InChI=1S/C24H35N3O4S/c1-17-14-19-15-21(12-13-22(19)27(17)24(29)18-8-7-9-18)32(30,31)26(2)16-23(28)25-20-10-5-3-4-6-11-20/h12-13,15,17-18,20H,3-11,14,16H2,1-2H3,(H,25,28)/t17-/m0/s1. The first-order chi connectivity index (χ1) is 15.3. The maximum absolute atomic E-state index is 13.1. The van der Waals surface area contributed by atoms with Crippen LogP contribution < -0.4 is 10.2 Å². The Hall–Kier alpha value is -1.93. The molecule has 4 rings (SSSR count). The van der Waals surface area contributed by atoms with Gasteiger partial charge < -0.3 is 10.2 Å². The van der Waals surface area contributed by atoms with E-state index < -0.39 is 10.0 Å². The quantitative estimate of drug-likeness (QED) is 0.659. The maximum Gasteiger partial charge on any atom is 0.243 e. The summed E-state index contributed by atoms with van der Waals surface area (Å²) in [4.78, 5) is 27.4. The van der Waals surface area contributed by atoms with Crippen LogP contribution in [0.5, 0.6) is 0 Å². The average molecular weight is 462 g/mol. The number of rotatable bonds is 6. The minimum absolute atomic E-state index is 0.0270. The van der Waals surface area contributed by atoms with Crippen LogP contribution in [0.1, 0.15) is 70.3 Å². The van der Waals surface area contributed by atoms with Crippen molar-refractivity contribution >= 4 is 27.5 Å². The summed E-state index contributed by atoms with van der Waals surface area (Å²) >= 11 is 0. The number of hydrogen-bond acceptors (Lipinski definition) is 4. The van der Waals surface area contributed by atoms with Crippen molar-refractivity contribution in [2.24, 2.45) is 5.92 Å². The van der Waals surface area contributed by atoms with Crippen molar-refractivity contribution in [1.82, 2.24) is 9.62 Å². The number of nitrogens with one attached hydrogen (secondary N) is 1. The second-order valence-corrected chi connectivity index (χ2v) is 11.7. The molecule has 1 aromatic carbocycles. The van der Waals surface area contributed by atoms with E-state index in [1.165, 1.54) is 19.9 Å². The highest BCUT2D eigenvalue weighted by molar-refractivity contribution is 7.89. The number of hydrogen-bond donors (Lipinski definition) is 1. The van der Waals surface area contributed by atoms with Crippen LogP contribution in [0.25, 0.3) is 0 Å². The van der Waals surface area contributed by atoms with Crippen molar-refractivity contribution in [1.29, 1.82) is 0 Å². The van der Waals surface area contributed by atoms with Gasteiger partial charge in [-0.3, -0.25) is 9.59 Å². The van der Waals surface area contributed by atoms with Gasteiger partial charge in [-0.25, -0.2) is 8.42 Å². The second kappa shape index (κ2) is 9.51. The Morgan fingerprint density at radius 2 is 1.75 bits per heavy atom. The van der Waals surface area contributed by atoms with Gasteiger partial charge in [0.25, 0.3) is 0 Å². The summed E-state index contributed by atoms with van der Waals surface area (Å²) in [6.45, 7) is 1.81. The van der Waals surface area contributed by atoms with E-state index in [0.717, 1.165) is 60.5 Å². The van der Waals surface area contributed by atoms with Crippen molar-refractivity contribution in [2.45, 2.75) is 88.1 Å². The lowest BCUT2D eigenvalue weighted by Crippen LogP contribution is -2.42. The molecule has 0 unspecified atom stereocenters. The number of fused-ring (bicyclic) bond motifs is 1. The maximum atomic E-state index is 13.1. The van der Waals surface area contributed by atoms with E-state index in [0.29, 0.717) is 6.42 Å². The largest absolute Gasteiger partial charge is 0.352 e. The average Bonchev–Trinajstić information content (AvgIpc) is 2.84. The topological polar surface area (TPSA) is 86.8 Å². The number of likely N-dealkylation sites (N-methyl/N-ethyl adjacent to an activating group) is 1. The van der Waals surface area contributed by atoms with Gasteiger partial charge in [-0.1, -0.05) is 32.1 Å². The molecule has 2 amide bonds. The third-order valence-corrected chi connectivity index (χ3v) is 9.05. The third kappa shape index (κ3) is 4.71. The van der Waals surface area contributed by atoms with E-state index in [1.807, 2.05) is 11.8 Å². The molecule has 2 aliphatic carbocycles. The molecule has 0 aromatic heterocycles. The zero-order chi connectivity index (χ0) is 22.9. The lowest BCUT2D eigenvalue weighted by molar-refractivity contribution is -0.125. The number of carbonyl (C=O) groups is 2. The summed E-state index contributed by atoms with van der Waals surface area (Å²) < 4.78 is 27.4. The molecule has 0 radical (unpaired) electrons. The van der Waals surface area contributed by atoms with Gasteiger partial charge in [0, 0.05) is 30.7 Å². The van der Waals surface area contributed by atoms with E-state index in [4.69, 9.17) is 0 Å². The number of amides is 2. The van der Waals surface area contributed by atoms with Gasteiger partial charge in [-0.2, -0.15) is 4.31 Å². The summed E-state index contributed by atoms with van der Waals surface area (Å²) in [5.74, 6) is 0.00496. The number of sulfonamides is 1. The van der Waals surface area contributed by atoms with E-state index in [1.54, 1.807) is 18.2 Å². The van der Waals surface area contributed by atoms with Crippen LogP contribution >= 0.6 is 0 Å². The molecular formula is C24H35N3O4S. The highest BCUT2D eigenvalue weighted by atomic mass is 32.2. The Balaban J connectivity index is 1.44. The fraction of sp³-hybridized carbons (Fsp3) is 0.667. The molecule has 7 nitrogen and oxygen atoms in total. The Labute approximate surface area is 191 Å². The minimum Gasteiger partial charge on any atom is -0.352 e. The predicted molar refractivity (Wildman–Crippen MR) is 124 cm³/mol. The highest BCUT2D eigenvalue weighted by Gasteiger charge is 2.37. The van der Waals surface area contributed by atoms with Crippen molar-refractivity contribution in [2.75, 3.05) is 18.5 Å². The summed E-state index contributed by atoms with van der Waals surface area (Å²) in [5, 5.41) is 3.01. The van der Waals surface area contributed by atoms with Crippen LogP contribution in [0.15, 0.2) is 23.1 Å². The van der Waals surface area contributed by atoms with E-state index in [9.17, 15) is 18.0 Å². The molecular weight excluding hydrogens is 426 g/mol. The van der Waals surface area contributed by atoms with Crippen molar-refractivity contribution in [3.05, 3.63) is 23.8 Å². The lowest BCUT2D eigenvalue weighted by atomic mass is 9.84. The smallest absolute Gasteiger partial charge is 0.243 e. The first-order valence-electron chi connectivity index (χ1n) is 12.0. The number of anilines is 1. The summed E-state index contributed by atoms with van der Waals surface area (Å²) in [6.07, 6.45) is 10.1. The molecule has 0 saturated heterocycles. The fourth-order valence-corrected chi connectivity index (χ4v) is 6.30. The number of benzene rings is 1. The van der Waals surface area contributed by atoms with Gasteiger partial charge >= 0.3 is 0 Å². The summed E-state index contributed by atoms with van der Waals surface area (Å²) in [6, 6.07) is 5.16. The highest BCUT2D eigenvalue weighted by Crippen LogP contribution is 2.38. The van der Waals surface area contributed by atoms with Crippen LogP contribution in [0.4, 0.5) is 5.69 Å². The van der Waals surface area contributed by atoms with Crippen LogP contribution in [-0.2, 0) is 26.0 Å².